The van der Waals surface area contributed by atoms with Gasteiger partial charge in [0.25, 0.3) is 5.91 Å². The molecule has 0 aliphatic carbocycles. The normalized spacial score (nSPS) is 13.4. The Hall–Kier alpha value is -2.29. The van der Waals surface area contributed by atoms with Crippen LogP contribution in [0.5, 0.6) is 0 Å². The molecule has 22 heavy (non-hydrogen) atoms. The maximum atomic E-state index is 12.7. The van der Waals surface area contributed by atoms with Crippen LogP contribution in [0.4, 0.5) is 11.4 Å². The highest BCUT2D eigenvalue weighted by Crippen LogP contribution is 2.30. The minimum absolute atomic E-state index is 0.0990. The smallest absolute Gasteiger partial charge is 0.259 e. The number of nitrogens with zero attached hydrogens (tertiary/aromatic N) is 2. The molecule has 3 nitrogen and oxygen atoms in total. The van der Waals surface area contributed by atoms with Gasteiger partial charge >= 0.3 is 0 Å². The number of anilines is 2. The van der Waals surface area contributed by atoms with Crippen molar-refractivity contribution in [2.75, 3.05) is 23.9 Å². The van der Waals surface area contributed by atoms with E-state index in [1.165, 1.54) is 5.56 Å². The Morgan fingerprint density at radius 1 is 1.09 bits per heavy atom. The molecule has 2 aromatic rings. The molecule has 0 radical (unpaired) electrons. The highest BCUT2D eigenvalue weighted by Gasteiger charge is 2.28. The monoisotopic (exact) mass is 294 g/mol. The summed E-state index contributed by atoms with van der Waals surface area (Å²) < 4.78 is 0. The van der Waals surface area contributed by atoms with E-state index >= 15 is 0 Å². The van der Waals surface area contributed by atoms with Gasteiger partial charge in [0.05, 0.1) is 6.54 Å². The van der Waals surface area contributed by atoms with E-state index in [-0.39, 0.29) is 5.91 Å². The van der Waals surface area contributed by atoms with Crippen molar-refractivity contribution in [2.45, 2.75) is 26.3 Å². The Balaban J connectivity index is 1.87. The van der Waals surface area contributed by atoms with Gasteiger partial charge in [0, 0.05) is 31.0 Å². The van der Waals surface area contributed by atoms with Gasteiger partial charge in [0.1, 0.15) is 0 Å². The van der Waals surface area contributed by atoms with E-state index in [1.807, 2.05) is 30.0 Å². The molecule has 0 atom stereocenters. The van der Waals surface area contributed by atoms with Crippen molar-refractivity contribution in [1.29, 1.82) is 0 Å². The summed E-state index contributed by atoms with van der Waals surface area (Å²) in [5.41, 5.74) is 5.29. The largest absolute Gasteiger partial charge is 0.378 e. The van der Waals surface area contributed by atoms with Crippen LogP contribution in [0.25, 0.3) is 0 Å². The van der Waals surface area contributed by atoms with E-state index in [4.69, 9.17) is 0 Å². The highest BCUT2D eigenvalue weighted by molar-refractivity contribution is 6.10. The van der Waals surface area contributed by atoms with E-state index in [0.717, 1.165) is 35.3 Å². The van der Waals surface area contributed by atoms with Crippen LogP contribution in [0.15, 0.2) is 42.5 Å². The van der Waals surface area contributed by atoms with Crippen molar-refractivity contribution in [3.8, 4) is 0 Å². The van der Waals surface area contributed by atoms with Gasteiger partial charge in [0.15, 0.2) is 0 Å². The zero-order valence-electron chi connectivity index (χ0n) is 13.5. The second kappa shape index (κ2) is 5.84. The lowest BCUT2D eigenvalue weighted by Crippen LogP contribution is -2.23. The molecule has 0 spiro atoms. The van der Waals surface area contributed by atoms with Crippen LogP contribution in [0.1, 0.15) is 34.8 Å². The Labute approximate surface area is 132 Å². The summed E-state index contributed by atoms with van der Waals surface area (Å²) in [5, 5.41) is 0. The molecule has 1 aliphatic rings. The Morgan fingerprint density at radius 3 is 2.45 bits per heavy atom. The molecule has 3 heteroatoms. The minimum atomic E-state index is 0.0990. The lowest BCUT2D eigenvalue weighted by molar-refractivity contribution is 0.0996. The molecule has 3 rings (SSSR count). The van der Waals surface area contributed by atoms with Crippen molar-refractivity contribution < 1.29 is 4.79 Å². The highest BCUT2D eigenvalue weighted by atomic mass is 16.2. The second-order valence-electron chi connectivity index (χ2n) is 6.04. The molecule has 0 fully saturated rings. The first kappa shape index (κ1) is 14.6. The third kappa shape index (κ3) is 2.59. The topological polar surface area (TPSA) is 23.6 Å². The summed E-state index contributed by atoms with van der Waals surface area (Å²) >= 11 is 0. The van der Waals surface area contributed by atoms with Crippen LogP contribution in [0, 0.1) is 0 Å². The number of carbonyl (C=O) groups is 1. The van der Waals surface area contributed by atoms with Crippen LogP contribution >= 0.6 is 0 Å². The van der Waals surface area contributed by atoms with Crippen molar-refractivity contribution in [3.05, 3.63) is 59.2 Å². The van der Waals surface area contributed by atoms with E-state index < -0.39 is 0 Å². The molecule has 1 heterocycles. The molecule has 114 valence electrons. The first-order valence-corrected chi connectivity index (χ1v) is 7.81. The van der Waals surface area contributed by atoms with Crippen LogP contribution < -0.4 is 9.80 Å². The number of benzene rings is 2. The summed E-state index contributed by atoms with van der Waals surface area (Å²) in [7, 11) is 3.98. The number of hydrogen-bond donors (Lipinski definition) is 0. The van der Waals surface area contributed by atoms with Crippen LogP contribution in [0.2, 0.25) is 0 Å². The van der Waals surface area contributed by atoms with Crippen molar-refractivity contribution >= 4 is 17.3 Å². The first-order chi connectivity index (χ1) is 10.6. The second-order valence-corrected chi connectivity index (χ2v) is 6.04. The lowest BCUT2D eigenvalue weighted by atomic mass is 10.1. The molecular formula is C19H22N2O. The number of fused-ring (bicyclic) bond motifs is 1. The molecule has 0 bridgehead atoms. The van der Waals surface area contributed by atoms with Gasteiger partial charge < -0.3 is 9.80 Å². The molecule has 1 amide bonds. The van der Waals surface area contributed by atoms with E-state index in [2.05, 4.69) is 43.3 Å². The fourth-order valence-electron chi connectivity index (χ4n) is 2.91. The minimum Gasteiger partial charge on any atom is -0.378 e. The van der Waals surface area contributed by atoms with E-state index in [1.54, 1.807) is 0 Å². The molecule has 0 N–H and O–H groups in total. The predicted molar refractivity (Wildman–Crippen MR) is 91.7 cm³/mol. The third-order valence-electron chi connectivity index (χ3n) is 4.20. The zero-order chi connectivity index (χ0) is 15.7. The van der Waals surface area contributed by atoms with Gasteiger partial charge in [-0.1, -0.05) is 31.5 Å². The van der Waals surface area contributed by atoms with Gasteiger partial charge in [-0.2, -0.15) is 0 Å². The molecule has 1 aliphatic heterocycles. The molecule has 0 aromatic heterocycles. The van der Waals surface area contributed by atoms with Crippen molar-refractivity contribution in [2.24, 2.45) is 0 Å². The van der Waals surface area contributed by atoms with E-state index in [0.29, 0.717) is 6.54 Å². The quantitative estimate of drug-likeness (QED) is 0.854. The standard InChI is InChI=1S/C19H22N2O/c1-4-5-14-6-9-16(10-7-14)21-13-15-8-11-17(20(2)3)12-18(15)19(21)22/h6-12H,4-5,13H2,1-3H3. The average Bonchev–Trinajstić information content (AvgIpc) is 2.85. The molecular weight excluding hydrogens is 272 g/mol. The number of amides is 1. The van der Waals surface area contributed by atoms with Gasteiger partial charge in [-0.05, 0) is 41.8 Å². The number of hydrogen-bond acceptors (Lipinski definition) is 2. The van der Waals surface area contributed by atoms with Crippen LogP contribution in [-0.4, -0.2) is 20.0 Å². The van der Waals surface area contributed by atoms with E-state index in [9.17, 15) is 4.79 Å². The lowest BCUT2D eigenvalue weighted by Gasteiger charge is -2.16. The SMILES string of the molecule is CCCc1ccc(N2Cc3ccc(N(C)C)cc3C2=O)cc1. The van der Waals surface area contributed by atoms with Gasteiger partial charge in [-0.25, -0.2) is 0 Å². The fraction of sp³-hybridized carbons (Fsp3) is 0.316. The van der Waals surface area contributed by atoms with Crippen LogP contribution in [-0.2, 0) is 13.0 Å². The number of carbonyl (C=O) groups excluding carboxylic acids is 1. The summed E-state index contributed by atoms with van der Waals surface area (Å²) in [6.45, 7) is 2.84. The molecule has 2 aromatic carbocycles. The van der Waals surface area contributed by atoms with Gasteiger partial charge in [-0.15, -0.1) is 0 Å². The van der Waals surface area contributed by atoms with Crippen molar-refractivity contribution in [3.63, 3.8) is 0 Å². The molecule has 0 unspecified atom stereocenters. The van der Waals surface area contributed by atoms with Crippen molar-refractivity contribution in [1.82, 2.24) is 0 Å². The summed E-state index contributed by atoms with van der Waals surface area (Å²) in [5.74, 6) is 0.0990. The Morgan fingerprint density at radius 2 is 1.82 bits per heavy atom. The molecule has 0 saturated heterocycles. The maximum Gasteiger partial charge on any atom is 0.259 e. The number of aryl methyl sites for hydroxylation is 1. The summed E-state index contributed by atoms with van der Waals surface area (Å²) in [4.78, 5) is 16.6. The van der Waals surface area contributed by atoms with Gasteiger partial charge in [-0.3, -0.25) is 4.79 Å². The molecule has 0 saturated carbocycles. The van der Waals surface area contributed by atoms with Crippen LogP contribution in [0.3, 0.4) is 0 Å². The number of rotatable bonds is 4. The third-order valence-corrected chi connectivity index (χ3v) is 4.20. The Bertz CT molecular complexity index is 689. The fourth-order valence-corrected chi connectivity index (χ4v) is 2.91. The van der Waals surface area contributed by atoms with Gasteiger partial charge in [0.2, 0.25) is 0 Å². The first-order valence-electron chi connectivity index (χ1n) is 7.81. The average molecular weight is 294 g/mol. The summed E-state index contributed by atoms with van der Waals surface area (Å²) in [6, 6.07) is 14.5. The predicted octanol–water partition coefficient (Wildman–Crippen LogP) is 3.87. The maximum absolute atomic E-state index is 12.7. The Kier molecular flexibility index (Phi) is 3.88. The zero-order valence-corrected chi connectivity index (χ0v) is 13.5. The summed E-state index contributed by atoms with van der Waals surface area (Å²) in [6.07, 6.45) is 2.22.